The molecule has 0 saturated carbocycles. The summed E-state index contributed by atoms with van der Waals surface area (Å²) in [5, 5.41) is 17.0. The molecule has 8 heteroatoms. The largest absolute Gasteiger partial charge is 0.487 e. The maximum Gasteiger partial charge on any atom is 0.255 e. The molecule has 1 saturated heterocycles. The van der Waals surface area contributed by atoms with Crippen LogP contribution in [-0.2, 0) is 10.2 Å². The van der Waals surface area contributed by atoms with Gasteiger partial charge in [0.15, 0.2) is 0 Å². The fourth-order valence-electron chi connectivity index (χ4n) is 4.33. The van der Waals surface area contributed by atoms with E-state index in [9.17, 15) is 10.1 Å². The number of hydrogen-bond acceptors (Lipinski definition) is 6. The van der Waals surface area contributed by atoms with Gasteiger partial charge in [0.2, 0.25) is 0 Å². The lowest BCUT2D eigenvalue weighted by molar-refractivity contribution is 0.102. The Morgan fingerprint density at radius 2 is 2.08 bits per heavy atom. The molecule has 38 heavy (non-hydrogen) atoms. The van der Waals surface area contributed by atoms with Crippen molar-refractivity contribution in [2.24, 2.45) is 0 Å². The van der Waals surface area contributed by atoms with E-state index in [1.165, 1.54) is 0 Å². The van der Waals surface area contributed by atoms with Gasteiger partial charge in [-0.3, -0.25) is 9.78 Å². The molecule has 1 aliphatic heterocycles. The molecule has 1 fully saturated rings. The number of anilines is 1. The minimum absolute atomic E-state index is 0.0281. The molecule has 4 aromatic rings. The summed E-state index contributed by atoms with van der Waals surface area (Å²) in [4.78, 5) is 17.3. The Kier molecular flexibility index (Phi) is 6.95. The number of benzene rings is 2. The van der Waals surface area contributed by atoms with E-state index in [1.54, 1.807) is 41.5 Å². The van der Waals surface area contributed by atoms with Crippen molar-refractivity contribution in [2.75, 3.05) is 18.5 Å². The van der Waals surface area contributed by atoms with E-state index in [4.69, 9.17) is 9.47 Å². The predicted molar refractivity (Wildman–Crippen MR) is 144 cm³/mol. The van der Waals surface area contributed by atoms with Gasteiger partial charge in [-0.25, -0.2) is 4.68 Å². The smallest absolute Gasteiger partial charge is 0.255 e. The molecule has 2 aromatic heterocycles. The number of nitriles is 1. The lowest BCUT2D eigenvalue weighted by Gasteiger charge is -2.16. The van der Waals surface area contributed by atoms with Crippen LogP contribution >= 0.6 is 0 Å². The van der Waals surface area contributed by atoms with Crippen LogP contribution in [0.5, 0.6) is 5.75 Å². The Morgan fingerprint density at radius 1 is 1.21 bits per heavy atom. The van der Waals surface area contributed by atoms with E-state index in [1.807, 2.05) is 57.3 Å². The maximum absolute atomic E-state index is 13.0. The highest BCUT2D eigenvalue weighted by atomic mass is 16.5. The Morgan fingerprint density at radius 3 is 2.87 bits per heavy atom. The van der Waals surface area contributed by atoms with Gasteiger partial charge in [-0.1, -0.05) is 18.2 Å². The van der Waals surface area contributed by atoms with Crippen LogP contribution < -0.4 is 10.1 Å². The average Bonchev–Trinajstić information content (AvgIpc) is 3.63. The zero-order chi connectivity index (χ0) is 26.7. The third-order valence-electron chi connectivity index (χ3n) is 6.70. The highest BCUT2D eigenvalue weighted by Crippen LogP contribution is 2.31. The number of pyridine rings is 1. The molecular formula is C30H29N5O3. The van der Waals surface area contributed by atoms with Crippen molar-refractivity contribution < 1.29 is 14.3 Å². The Hall–Kier alpha value is -4.48. The van der Waals surface area contributed by atoms with Gasteiger partial charge in [0, 0.05) is 47.4 Å². The number of nitrogens with one attached hydrogen (secondary N) is 1. The van der Waals surface area contributed by atoms with Crippen molar-refractivity contribution in [3.05, 3.63) is 90.0 Å². The number of amides is 1. The average molecular weight is 508 g/mol. The Bertz CT molecular complexity index is 1510. The van der Waals surface area contributed by atoms with Crippen LogP contribution in [0.2, 0.25) is 0 Å². The summed E-state index contributed by atoms with van der Waals surface area (Å²) in [5.74, 6) is 0.499. The topological polar surface area (TPSA) is 102 Å². The number of carbonyl (C=O) groups excluding carboxylic acids is 1. The molecule has 0 radical (unpaired) electrons. The first-order valence-corrected chi connectivity index (χ1v) is 12.5. The van der Waals surface area contributed by atoms with Crippen molar-refractivity contribution in [2.45, 2.75) is 38.7 Å². The maximum atomic E-state index is 13.0. The van der Waals surface area contributed by atoms with E-state index < -0.39 is 5.41 Å². The first-order valence-electron chi connectivity index (χ1n) is 12.5. The monoisotopic (exact) mass is 507 g/mol. The van der Waals surface area contributed by atoms with Gasteiger partial charge in [-0.15, -0.1) is 0 Å². The van der Waals surface area contributed by atoms with Crippen LogP contribution in [-0.4, -0.2) is 40.0 Å². The number of aromatic nitrogens is 3. The normalized spacial score (nSPS) is 15.2. The molecule has 1 unspecified atom stereocenters. The zero-order valence-electron chi connectivity index (χ0n) is 21.6. The van der Waals surface area contributed by atoms with Crippen LogP contribution in [0.4, 0.5) is 5.69 Å². The van der Waals surface area contributed by atoms with Gasteiger partial charge in [-0.2, -0.15) is 10.4 Å². The molecule has 3 heterocycles. The van der Waals surface area contributed by atoms with Gasteiger partial charge in [0.25, 0.3) is 5.91 Å². The van der Waals surface area contributed by atoms with Crippen molar-refractivity contribution in [1.29, 1.82) is 5.26 Å². The molecule has 5 rings (SSSR count). The number of carbonyl (C=O) groups is 1. The summed E-state index contributed by atoms with van der Waals surface area (Å²) >= 11 is 0. The summed E-state index contributed by atoms with van der Waals surface area (Å²) in [5.41, 5.74) is 4.81. The minimum Gasteiger partial charge on any atom is -0.487 e. The van der Waals surface area contributed by atoms with Crippen LogP contribution in [0.15, 0.2) is 73.3 Å². The van der Waals surface area contributed by atoms with Crippen LogP contribution in [0, 0.1) is 18.3 Å². The second-order valence-corrected chi connectivity index (χ2v) is 9.92. The molecule has 1 aliphatic rings. The SMILES string of the molecule is Cc1ccc(NC(=O)c2cccc(C(C)(C)C#N)c2)cc1-n1cc(-c2cnccc2OC2CCOC2)cn1. The van der Waals surface area contributed by atoms with Gasteiger partial charge in [-0.05, 0) is 62.2 Å². The molecule has 0 aliphatic carbocycles. The molecule has 2 aromatic carbocycles. The second kappa shape index (κ2) is 10.5. The summed E-state index contributed by atoms with van der Waals surface area (Å²) in [6.07, 6.45) is 8.09. The summed E-state index contributed by atoms with van der Waals surface area (Å²) in [7, 11) is 0. The molecule has 1 N–H and O–H groups in total. The van der Waals surface area contributed by atoms with Crippen LogP contribution in [0.1, 0.15) is 41.8 Å². The summed E-state index contributed by atoms with van der Waals surface area (Å²) in [6, 6.07) is 17.0. The van der Waals surface area contributed by atoms with Crippen molar-refractivity contribution in [3.8, 4) is 28.6 Å². The molecule has 192 valence electrons. The molecule has 0 bridgehead atoms. The number of aryl methyl sites for hydroxylation is 1. The third-order valence-corrected chi connectivity index (χ3v) is 6.70. The number of nitrogens with zero attached hydrogens (tertiary/aromatic N) is 4. The standard InChI is InChI=1S/C30H29N5O3/c1-20-7-8-24(34-29(36)21-5-4-6-23(13-21)30(2,3)19-31)14-27(20)35-17-22(15-33-35)26-16-32-11-9-28(26)38-25-10-12-37-18-25/h4-9,11,13-17,25H,10,12,18H2,1-3H3,(H,34,36). The predicted octanol–water partition coefficient (Wildman–Crippen LogP) is 5.46. The number of hydrogen-bond donors (Lipinski definition) is 1. The van der Waals surface area contributed by atoms with Gasteiger partial charge >= 0.3 is 0 Å². The highest BCUT2D eigenvalue weighted by Gasteiger charge is 2.22. The van der Waals surface area contributed by atoms with E-state index in [0.29, 0.717) is 24.5 Å². The number of ether oxygens (including phenoxy) is 2. The fraction of sp³-hybridized carbons (Fsp3) is 0.267. The third kappa shape index (κ3) is 5.29. The van der Waals surface area contributed by atoms with Crippen molar-refractivity contribution in [3.63, 3.8) is 0 Å². The summed E-state index contributed by atoms with van der Waals surface area (Å²) in [6.45, 7) is 6.95. The van der Waals surface area contributed by atoms with Crippen molar-refractivity contribution >= 4 is 11.6 Å². The number of rotatable bonds is 7. The molecule has 0 spiro atoms. The van der Waals surface area contributed by atoms with E-state index in [2.05, 4.69) is 21.5 Å². The highest BCUT2D eigenvalue weighted by molar-refractivity contribution is 6.04. The van der Waals surface area contributed by atoms with E-state index in [-0.39, 0.29) is 12.0 Å². The van der Waals surface area contributed by atoms with E-state index >= 15 is 0 Å². The second-order valence-electron chi connectivity index (χ2n) is 9.92. The molecule has 8 nitrogen and oxygen atoms in total. The van der Waals surface area contributed by atoms with Gasteiger partial charge in [0.05, 0.1) is 36.6 Å². The summed E-state index contributed by atoms with van der Waals surface area (Å²) < 4.78 is 13.4. The molecule has 1 amide bonds. The quantitative estimate of drug-likeness (QED) is 0.356. The Labute approximate surface area is 221 Å². The van der Waals surface area contributed by atoms with Crippen LogP contribution in [0.25, 0.3) is 16.8 Å². The minimum atomic E-state index is -0.685. The first-order chi connectivity index (χ1) is 18.3. The lowest BCUT2D eigenvalue weighted by atomic mass is 9.85. The lowest BCUT2D eigenvalue weighted by Crippen LogP contribution is -2.17. The van der Waals surface area contributed by atoms with Gasteiger partial charge in [0.1, 0.15) is 11.9 Å². The Balaban J connectivity index is 1.38. The fourth-order valence-corrected chi connectivity index (χ4v) is 4.33. The van der Waals surface area contributed by atoms with Crippen LogP contribution in [0.3, 0.4) is 0 Å². The molecule has 1 atom stereocenters. The van der Waals surface area contributed by atoms with Crippen molar-refractivity contribution in [1.82, 2.24) is 14.8 Å². The van der Waals surface area contributed by atoms with E-state index in [0.717, 1.165) is 40.1 Å². The first kappa shape index (κ1) is 25.2. The van der Waals surface area contributed by atoms with Gasteiger partial charge < -0.3 is 14.8 Å². The molecular weight excluding hydrogens is 478 g/mol. The zero-order valence-corrected chi connectivity index (χ0v) is 21.6.